The van der Waals surface area contributed by atoms with Crippen molar-refractivity contribution in [1.82, 2.24) is 14.7 Å². The van der Waals surface area contributed by atoms with E-state index in [1.54, 1.807) is 21.8 Å². The molecule has 27 heavy (non-hydrogen) atoms. The molecule has 7 heteroatoms. The number of rotatable bonds is 4. The summed E-state index contributed by atoms with van der Waals surface area (Å²) in [5.41, 5.74) is 4.26. The van der Waals surface area contributed by atoms with Crippen molar-refractivity contribution in [3.05, 3.63) is 58.9 Å². The zero-order valence-corrected chi connectivity index (χ0v) is 15.9. The Labute approximate surface area is 158 Å². The lowest BCUT2D eigenvalue weighted by atomic mass is 10.0. The van der Waals surface area contributed by atoms with Gasteiger partial charge in [0.2, 0.25) is 0 Å². The highest BCUT2D eigenvalue weighted by atomic mass is 16.4. The first kappa shape index (κ1) is 18.7. The Bertz CT molecular complexity index is 916. The Morgan fingerprint density at radius 2 is 2.00 bits per heavy atom. The molecule has 1 aromatic heterocycles. The maximum atomic E-state index is 13.1. The van der Waals surface area contributed by atoms with Crippen molar-refractivity contribution >= 4 is 17.7 Å². The van der Waals surface area contributed by atoms with Crippen LogP contribution < -0.4 is 4.90 Å². The van der Waals surface area contributed by atoms with Gasteiger partial charge in [-0.25, -0.2) is 0 Å². The van der Waals surface area contributed by atoms with Crippen molar-refractivity contribution in [1.29, 1.82) is 0 Å². The third-order valence-corrected chi connectivity index (χ3v) is 4.99. The van der Waals surface area contributed by atoms with E-state index in [1.807, 2.05) is 38.1 Å². The van der Waals surface area contributed by atoms with Crippen molar-refractivity contribution in [2.24, 2.45) is 7.05 Å². The van der Waals surface area contributed by atoms with Gasteiger partial charge in [-0.2, -0.15) is 5.10 Å². The molecule has 1 aliphatic heterocycles. The van der Waals surface area contributed by atoms with E-state index in [0.29, 0.717) is 25.1 Å². The zero-order chi connectivity index (χ0) is 19.7. The summed E-state index contributed by atoms with van der Waals surface area (Å²) < 4.78 is 1.79. The summed E-state index contributed by atoms with van der Waals surface area (Å²) in [6, 6.07) is 5.45. The number of hydrogen-bond donors (Lipinski definition) is 1. The SMILES string of the molecule is C=C1CN(C(=O)c2ccc(CCC(=O)O)c(C)c2)Cc2cnn(C)c2N1C. The maximum Gasteiger partial charge on any atom is 0.303 e. The monoisotopic (exact) mass is 368 g/mol. The Morgan fingerprint density at radius 3 is 2.67 bits per heavy atom. The number of carboxylic acid groups (broad SMARTS) is 1. The predicted octanol–water partition coefficient (Wildman–Crippen LogP) is 2.35. The first-order valence-electron chi connectivity index (χ1n) is 8.81. The second-order valence-electron chi connectivity index (χ2n) is 6.94. The molecule has 7 nitrogen and oxygen atoms in total. The van der Waals surface area contributed by atoms with Gasteiger partial charge in [0.15, 0.2) is 0 Å². The van der Waals surface area contributed by atoms with E-state index in [-0.39, 0.29) is 12.3 Å². The van der Waals surface area contributed by atoms with Crippen molar-refractivity contribution in [2.75, 3.05) is 18.5 Å². The number of carbonyl (C=O) groups excluding carboxylic acids is 1. The van der Waals surface area contributed by atoms with Gasteiger partial charge < -0.3 is 14.9 Å². The van der Waals surface area contributed by atoms with E-state index in [4.69, 9.17) is 5.11 Å². The van der Waals surface area contributed by atoms with Crippen LogP contribution in [0.2, 0.25) is 0 Å². The van der Waals surface area contributed by atoms with Crippen molar-refractivity contribution in [3.8, 4) is 0 Å². The second-order valence-corrected chi connectivity index (χ2v) is 6.94. The summed E-state index contributed by atoms with van der Waals surface area (Å²) in [6.07, 6.45) is 2.32. The zero-order valence-electron chi connectivity index (χ0n) is 15.9. The van der Waals surface area contributed by atoms with Gasteiger partial charge in [-0.3, -0.25) is 14.3 Å². The molecule has 0 radical (unpaired) electrons. The number of fused-ring (bicyclic) bond motifs is 1. The van der Waals surface area contributed by atoms with Gasteiger partial charge in [0.25, 0.3) is 5.91 Å². The summed E-state index contributed by atoms with van der Waals surface area (Å²) in [5.74, 6) is 0.0404. The molecule has 0 saturated carbocycles. The van der Waals surface area contributed by atoms with Crippen LogP contribution in [-0.4, -0.2) is 45.3 Å². The molecule has 0 bridgehead atoms. The molecule has 3 rings (SSSR count). The molecule has 1 aliphatic rings. The molecule has 2 heterocycles. The van der Waals surface area contributed by atoms with Crippen LogP contribution in [0.1, 0.15) is 33.5 Å². The van der Waals surface area contributed by atoms with Crippen LogP contribution in [0.3, 0.4) is 0 Å². The number of aryl methyl sites for hydroxylation is 3. The third-order valence-electron chi connectivity index (χ3n) is 4.99. The molecule has 1 amide bonds. The fraction of sp³-hybridized carbons (Fsp3) is 0.350. The lowest BCUT2D eigenvalue weighted by molar-refractivity contribution is -0.136. The number of anilines is 1. The third kappa shape index (κ3) is 3.72. The average Bonchev–Trinajstić information content (AvgIpc) is 2.92. The van der Waals surface area contributed by atoms with E-state index >= 15 is 0 Å². The Kier molecular flexibility index (Phi) is 5.03. The van der Waals surface area contributed by atoms with Gasteiger partial charge in [-0.15, -0.1) is 0 Å². The first-order valence-corrected chi connectivity index (χ1v) is 8.81. The van der Waals surface area contributed by atoms with Crippen LogP contribution in [0.5, 0.6) is 0 Å². The molecular weight excluding hydrogens is 344 g/mol. The smallest absolute Gasteiger partial charge is 0.303 e. The van der Waals surface area contributed by atoms with Crippen LogP contribution in [0, 0.1) is 6.92 Å². The Balaban J connectivity index is 1.84. The minimum absolute atomic E-state index is 0.0749. The van der Waals surface area contributed by atoms with E-state index in [9.17, 15) is 9.59 Å². The fourth-order valence-corrected chi connectivity index (χ4v) is 3.44. The van der Waals surface area contributed by atoms with Crippen molar-refractivity contribution < 1.29 is 14.7 Å². The highest BCUT2D eigenvalue weighted by molar-refractivity contribution is 5.95. The normalized spacial score (nSPS) is 14.1. The topological polar surface area (TPSA) is 78.7 Å². The highest BCUT2D eigenvalue weighted by Gasteiger charge is 2.27. The Hall–Kier alpha value is -3.09. The molecule has 0 atom stereocenters. The van der Waals surface area contributed by atoms with Gasteiger partial charge in [0, 0.05) is 37.3 Å². The number of benzene rings is 1. The number of nitrogens with zero attached hydrogens (tertiary/aromatic N) is 4. The average molecular weight is 368 g/mol. The second kappa shape index (κ2) is 7.26. The maximum absolute atomic E-state index is 13.1. The van der Waals surface area contributed by atoms with Crippen LogP contribution >= 0.6 is 0 Å². The summed E-state index contributed by atoms with van der Waals surface area (Å²) in [7, 11) is 3.80. The standard InChI is InChI=1S/C20H24N4O3/c1-13-9-16(6-5-15(13)7-8-18(25)26)20(27)24-11-14(2)22(3)19-17(12-24)10-21-23(19)4/h5-6,9-10H,2,7-8,11-12H2,1,3-4H3,(H,25,26). The predicted molar refractivity (Wildman–Crippen MR) is 103 cm³/mol. The van der Waals surface area contributed by atoms with E-state index < -0.39 is 5.97 Å². The van der Waals surface area contributed by atoms with Gasteiger partial charge in [0.05, 0.1) is 19.3 Å². The Morgan fingerprint density at radius 1 is 1.26 bits per heavy atom. The van der Waals surface area contributed by atoms with Gasteiger partial charge in [-0.05, 0) is 36.6 Å². The van der Waals surface area contributed by atoms with E-state index in [2.05, 4.69) is 11.7 Å². The molecule has 0 spiro atoms. The summed E-state index contributed by atoms with van der Waals surface area (Å²) in [5, 5.41) is 13.2. The molecule has 2 aromatic rings. The molecule has 0 aliphatic carbocycles. The number of amides is 1. The number of hydrogen-bond acceptors (Lipinski definition) is 4. The number of carboxylic acids is 1. The van der Waals surface area contributed by atoms with Gasteiger partial charge >= 0.3 is 5.97 Å². The van der Waals surface area contributed by atoms with Crippen LogP contribution in [-0.2, 0) is 24.8 Å². The minimum atomic E-state index is -0.825. The van der Waals surface area contributed by atoms with Gasteiger partial charge in [-0.1, -0.05) is 12.6 Å². The fourth-order valence-electron chi connectivity index (χ4n) is 3.44. The lowest BCUT2D eigenvalue weighted by Gasteiger charge is -2.24. The number of aromatic nitrogens is 2. The molecule has 0 saturated heterocycles. The number of aliphatic carboxylic acids is 1. The molecular formula is C20H24N4O3. The van der Waals surface area contributed by atoms with Crippen molar-refractivity contribution in [2.45, 2.75) is 26.3 Å². The van der Waals surface area contributed by atoms with Crippen LogP contribution in [0.4, 0.5) is 5.82 Å². The van der Waals surface area contributed by atoms with E-state index in [0.717, 1.165) is 28.2 Å². The van der Waals surface area contributed by atoms with E-state index in [1.165, 1.54) is 0 Å². The molecule has 0 fully saturated rings. The van der Waals surface area contributed by atoms with Crippen LogP contribution in [0.25, 0.3) is 0 Å². The first-order chi connectivity index (χ1) is 12.8. The summed E-state index contributed by atoms with van der Waals surface area (Å²) in [4.78, 5) is 27.6. The summed E-state index contributed by atoms with van der Waals surface area (Å²) >= 11 is 0. The van der Waals surface area contributed by atoms with Crippen molar-refractivity contribution in [3.63, 3.8) is 0 Å². The van der Waals surface area contributed by atoms with Gasteiger partial charge in [0.1, 0.15) is 5.82 Å². The van der Waals surface area contributed by atoms with Crippen LogP contribution in [0.15, 0.2) is 36.7 Å². The summed E-state index contributed by atoms with van der Waals surface area (Å²) in [6.45, 7) is 6.91. The quantitative estimate of drug-likeness (QED) is 0.896. The largest absolute Gasteiger partial charge is 0.481 e. The molecule has 0 unspecified atom stereocenters. The molecule has 142 valence electrons. The molecule has 1 aromatic carbocycles. The number of carbonyl (C=O) groups is 2. The minimum Gasteiger partial charge on any atom is -0.481 e. The highest BCUT2D eigenvalue weighted by Crippen LogP contribution is 2.28. The number of likely N-dealkylation sites (N-methyl/N-ethyl adjacent to an activating group) is 1. The molecule has 1 N–H and O–H groups in total. The lowest BCUT2D eigenvalue weighted by Crippen LogP contribution is -2.33.